The number of pyridine rings is 1. The van der Waals surface area contributed by atoms with Gasteiger partial charge in [0.1, 0.15) is 0 Å². The summed E-state index contributed by atoms with van der Waals surface area (Å²) in [5.41, 5.74) is 0. The number of aromatic nitrogens is 1. The minimum absolute atomic E-state index is 0.527. The minimum atomic E-state index is 0.527. The second-order valence-electron chi connectivity index (χ2n) is 4.72. The Labute approximate surface area is 97.2 Å². The number of rotatable bonds is 3. The molecule has 1 aliphatic carbocycles. The van der Waals surface area contributed by atoms with Crippen LogP contribution in [0.2, 0.25) is 0 Å². The maximum Gasteiger partial charge on any atom is 0.168 e. The van der Waals surface area contributed by atoms with Gasteiger partial charge in [0.25, 0.3) is 0 Å². The van der Waals surface area contributed by atoms with E-state index in [2.05, 4.69) is 24.1 Å². The molecule has 2 rings (SSSR count). The van der Waals surface area contributed by atoms with E-state index in [1.165, 1.54) is 12.8 Å². The molecule has 1 saturated carbocycles. The molecule has 3 unspecified atom stereocenters. The van der Waals surface area contributed by atoms with Crippen molar-refractivity contribution in [2.45, 2.75) is 32.7 Å². The van der Waals surface area contributed by atoms with E-state index in [1.54, 1.807) is 13.3 Å². The Morgan fingerprint density at radius 3 is 2.81 bits per heavy atom. The zero-order valence-corrected chi connectivity index (χ0v) is 10.2. The Morgan fingerprint density at radius 1 is 1.38 bits per heavy atom. The second-order valence-corrected chi connectivity index (χ2v) is 4.72. The highest BCUT2D eigenvalue weighted by atomic mass is 16.5. The van der Waals surface area contributed by atoms with Gasteiger partial charge in [0.2, 0.25) is 0 Å². The van der Waals surface area contributed by atoms with Crippen LogP contribution in [0, 0.1) is 11.8 Å². The highest BCUT2D eigenvalue weighted by Gasteiger charge is 2.30. The molecule has 1 fully saturated rings. The molecule has 1 aliphatic rings. The number of nitrogens with zero attached hydrogens (tertiary/aromatic N) is 1. The average Bonchev–Trinajstić information content (AvgIpc) is 2.62. The summed E-state index contributed by atoms with van der Waals surface area (Å²) in [5.74, 6) is 3.20. The van der Waals surface area contributed by atoms with E-state index in [4.69, 9.17) is 4.74 Å². The zero-order chi connectivity index (χ0) is 11.5. The predicted molar refractivity (Wildman–Crippen MR) is 65.8 cm³/mol. The molecule has 1 N–H and O–H groups in total. The van der Waals surface area contributed by atoms with E-state index in [0.717, 1.165) is 17.5 Å². The number of nitrogens with one attached hydrogen (secondary N) is 1. The topological polar surface area (TPSA) is 34.1 Å². The highest BCUT2D eigenvalue weighted by molar-refractivity contribution is 5.50. The molecule has 3 heteroatoms. The van der Waals surface area contributed by atoms with Gasteiger partial charge in [0, 0.05) is 12.2 Å². The third-order valence-corrected chi connectivity index (χ3v) is 3.78. The van der Waals surface area contributed by atoms with Crippen LogP contribution >= 0.6 is 0 Å². The molecule has 0 saturated heterocycles. The number of anilines is 1. The van der Waals surface area contributed by atoms with Crippen LogP contribution in [0.15, 0.2) is 18.3 Å². The lowest BCUT2D eigenvalue weighted by Crippen LogP contribution is -2.24. The maximum atomic E-state index is 5.29. The molecule has 0 bridgehead atoms. The summed E-state index contributed by atoms with van der Waals surface area (Å²) in [5, 5.41) is 3.50. The van der Waals surface area contributed by atoms with Gasteiger partial charge < -0.3 is 10.1 Å². The molecule has 0 spiro atoms. The van der Waals surface area contributed by atoms with Crippen LogP contribution < -0.4 is 10.1 Å². The molecule has 1 aromatic heterocycles. The Morgan fingerprint density at radius 2 is 2.19 bits per heavy atom. The first kappa shape index (κ1) is 11.2. The van der Waals surface area contributed by atoms with E-state index in [1.807, 2.05) is 12.1 Å². The van der Waals surface area contributed by atoms with Crippen molar-refractivity contribution in [3.63, 3.8) is 0 Å². The minimum Gasteiger partial charge on any atom is -0.493 e. The van der Waals surface area contributed by atoms with Gasteiger partial charge in [0.15, 0.2) is 11.6 Å². The molecule has 0 aliphatic heterocycles. The standard InChI is InChI=1S/C13H20N2O/c1-9-6-7-11(10(9)2)15-13-12(16-3)5-4-8-14-13/h4-5,8-11H,6-7H2,1-3H3,(H,14,15). The largest absolute Gasteiger partial charge is 0.493 e. The smallest absolute Gasteiger partial charge is 0.168 e. The highest BCUT2D eigenvalue weighted by Crippen LogP contribution is 2.34. The van der Waals surface area contributed by atoms with Crippen LogP contribution in [-0.4, -0.2) is 18.1 Å². The molecule has 0 amide bonds. The Kier molecular flexibility index (Phi) is 3.32. The van der Waals surface area contributed by atoms with Crippen molar-refractivity contribution in [2.24, 2.45) is 11.8 Å². The van der Waals surface area contributed by atoms with Crippen molar-refractivity contribution in [3.05, 3.63) is 18.3 Å². The van der Waals surface area contributed by atoms with Crippen molar-refractivity contribution in [2.75, 3.05) is 12.4 Å². The average molecular weight is 220 g/mol. The monoisotopic (exact) mass is 220 g/mol. The fraction of sp³-hybridized carbons (Fsp3) is 0.615. The van der Waals surface area contributed by atoms with Crippen molar-refractivity contribution >= 4 is 5.82 Å². The molecule has 16 heavy (non-hydrogen) atoms. The Balaban J connectivity index is 2.09. The van der Waals surface area contributed by atoms with Crippen LogP contribution in [-0.2, 0) is 0 Å². The van der Waals surface area contributed by atoms with Gasteiger partial charge >= 0.3 is 0 Å². The first-order chi connectivity index (χ1) is 7.72. The Bertz CT molecular complexity index is 354. The summed E-state index contributed by atoms with van der Waals surface area (Å²) in [4.78, 5) is 4.34. The van der Waals surface area contributed by atoms with Crippen LogP contribution in [0.3, 0.4) is 0 Å². The molecule has 88 valence electrons. The predicted octanol–water partition coefficient (Wildman–Crippen LogP) is 2.94. The van der Waals surface area contributed by atoms with Gasteiger partial charge in [-0.05, 0) is 36.8 Å². The third-order valence-electron chi connectivity index (χ3n) is 3.78. The molecule has 3 nitrogen and oxygen atoms in total. The van der Waals surface area contributed by atoms with Crippen molar-refractivity contribution in [1.82, 2.24) is 4.98 Å². The number of hydrogen-bond donors (Lipinski definition) is 1. The van der Waals surface area contributed by atoms with Crippen LogP contribution in [0.5, 0.6) is 5.75 Å². The van der Waals surface area contributed by atoms with Crippen molar-refractivity contribution < 1.29 is 4.74 Å². The third kappa shape index (κ3) is 2.13. The van der Waals surface area contributed by atoms with Crippen molar-refractivity contribution in [3.8, 4) is 5.75 Å². The summed E-state index contributed by atoms with van der Waals surface area (Å²) < 4.78 is 5.29. The summed E-state index contributed by atoms with van der Waals surface area (Å²) >= 11 is 0. The van der Waals surface area contributed by atoms with Gasteiger partial charge in [-0.1, -0.05) is 13.8 Å². The molecular formula is C13H20N2O. The van der Waals surface area contributed by atoms with Gasteiger partial charge in [-0.25, -0.2) is 4.98 Å². The zero-order valence-electron chi connectivity index (χ0n) is 10.2. The molecule has 3 atom stereocenters. The van der Waals surface area contributed by atoms with E-state index in [-0.39, 0.29) is 0 Å². The van der Waals surface area contributed by atoms with Gasteiger partial charge in [-0.2, -0.15) is 0 Å². The van der Waals surface area contributed by atoms with Gasteiger partial charge in [-0.15, -0.1) is 0 Å². The SMILES string of the molecule is COc1cccnc1NC1CCC(C)C1C. The number of hydrogen-bond acceptors (Lipinski definition) is 3. The fourth-order valence-electron chi connectivity index (χ4n) is 2.41. The molecular weight excluding hydrogens is 200 g/mol. The lowest BCUT2D eigenvalue weighted by molar-refractivity contribution is 0.409. The summed E-state index contributed by atoms with van der Waals surface area (Å²) in [6.07, 6.45) is 4.32. The van der Waals surface area contributed by atoms with E-state index in [0.29, 0.717) is 12.0 Å². The first-order valence-corrected chi connectivity index (χ1v) is 5.98. The summed E-state index contributed by atoms with van der Waals surface area (Å²) in [7, 11) is 1.68. The van der Waals surface area contributed by atoms with E-state index >= 15 is 0 Å². The van der Waals surface area contributed by atoms with Crippen LogP contribution in [0.1, 0.15) is 26.7 Å². The van der Waals surface area contributed by atoms with Gasteiger partial charge in [-0.3, -0.25) is 0 Å². The quantitative estimate of drug-likeness (QED) is 0.850. The lowest BCUT2D eigenvalue weighted by Gasteiger charge is -2.21. The maximum absolute atomic E-state index is 5.29. The molecule has 0 radical (unpaired) electrons. The molecule has 1 aromatic rings. The van der Waals surface area contributed by atoms with E-state index < -0.39 is 0 Å². The molecule has 1 heterocycles. The number of ether oxygens (including phenoxy) is 1. The lowest BCUT2D eigenvalue weighted by atomic mass is 9.98. The number of methoxy groups -OCH3 is 1. The summed E-state index contributed by atoms with van der Waals surface area (Å²) in [6, 6.07) is 4.36. The normalized spacial score (nSPS) is 29.1. The van der Waals surface area contributed by atoms with Crippen LogP contribution in [0.4, 0.5) is 5.82 Å². The summed E-state index contributed by atoms with van der Waals surface area (Å²) in [6.45, 7) is 4.63. The van der Waals surface area contributed by atoms with Crippen molar-refractivity contribution in [1.29, 1.82) is 0 Å². The second kappa shape index (κ2) is 4.73. The van der Waals surface area contributed by atoms with Crippen LogP contribution in [0.25, 0.3) is 0 Å². The first-order valence-electron chi connectivity index (χ1n) is 5.98. The molecule has 0 aromatic carbocycles. The Hall–Kier alpha value is -1.25. The van der Waals surface area contributed by atoms with E-state index in [9.17, 15) is 0 Å². The fourth-order valence-corrected chi connectivity index (χ4v) is 2.41. The van der Waals surface area contributed by atoms with Gasteiger partial charge in [0.05, 0.1) is 7.11 Å².